The lowest BCUT2D eigenvalue weighted by Crippen LogP contribution is -2.43. The summed E-state index contributed by atoms with van der Waals surface area (Å²) in [5.74, 6) is -0.244. The number of carboxylic acid groups (broad SMARTS) is 1. The van der Waals surface area contributed by atoms with Gasteiger partial charge in [0.1, 0.15) is 21.9 Å². The lowest BCUT2D eigenvalue weighted by Gasteiger charge is -2.22. The third kappa shape index (κ3) is 4.37. The minimum absolute atomic E-state index is 0.261. The van der Waals surface area contributed by atoms with Crippen LogP contribution in [0.3, 0.4) is 0 Å². The first-order valence-electron chi connectivity index (χ1n) is 8.14. The molecule has 0 saturated carbocycles. The third-order valence-electron chi connectivity index (χ3n) is 3.98. The molecule has 2 rings (SSSR count). The van der Waals surface area contributed by atoms with Gasteiger partial charge >= 0.3 is 5.97 Å². The molecule has 1 aromatic rings. The van der Waals surface area contributed by atoms with Gasteiger partial charge in [-0.05, 0) is 24.6 Å². The summed E-state index contributed by atoms with van der Waals surface area (Å²) in [6, 6.07) is 4.31. The number of carboxylic acids is 1. The van der Waals surface area contributed by atoms with Gasteiger partial charge in [0.2, 0.25) is 0 Å². The Kier molecular flexibility index (Phi) is 7.05. The zero-order valence-corrected chi connectivity index (χ0v) is 16.5. The number of ether oxygens (including phenoxy) is 2. The molecule has 140 valence electrons. The minimum atomic E-state index is -1.04. The number of carbonyl (C=O) groups excluding carboxylic acids is 1. The van der Waals surface area contributed by atoms with E-state index < -0.39 is 12.0 Å². The summed E-state index contributed by atoms with van der Waals surface area (Å²) >= 11 is 6.37. The van der Waals surface area contributed by atoms with Crippen LogP contribution < -0.4 is 9.47 Å². The number of methoxy groups -OCH3 is 2. The fourth-order valence-corrected chi connectivity index (χ4v) is 3.94. The summed E-state index contributed by atoms with van der Waals surface area (Å²) in [6.45, 7) is 1.97. The van der Waals surface area contributed by atoms with Crippen LogP contribution in [0.15, 0.2) is 23.1 Å². The van der Waals surface area contributed by atoms with E-state index in [1.165, 1.54) is 12.0 Å². The molecule has 1 aromatic carbocycles. The monoisotopic (exact) mass is 395 g/mol. The molecule has 0 aromatic heterocycles. The highest BCUT2D eigenvalue weighted by molar-refractivity contribution is 8.26. The number of nitrogens with zero attached hydrogens (tertiary/aromatic N) is 1. The number of aliphatic carboxylic acids is 1. The summed E-state index contributed by atoms with van der Waals surface area (Å²) in [5, 5.41) is 9.50. The van der Waals surface area contributed by atoms with E-state index in [2.05, 4.69) is 0 Å². The van der Waals surface area contributed by atoms with Gasteiger partial charge in [0, 0.05) is 11.6 Å². The molecule has 0 radical (unpaired) electrons. The molecule has 1 aliphatic rings. The van der Waals surface area contributed by atoms with Crippen LogP contribution in [0.1, 0.15) is 31.7 Å². The van der Waals surface area contributed by atoms with E-state index in [0.29, 0.717) is 34.8 Å². The summed E-state index contributed by atoms with van der Waals surface area (Å²) in [4.78, 5) is 26.0. The molecule has 0 bridgehead atoms. The molecule has 26 heavy (non-hydrogen) atoms. The zero-order chi connectivity index (χ0) is 19.3. The normalized spacial score (nSPS) is 16.9. The fraction of sp³-hybridized carbons (Fsp3) is 0.389. The second-order valence-electron chi connectivity index (χ2n) is 5.66. The molecule has 1 heterocycles. The van der Waals surface area contributed by atoms with Crippen LogP contribution in [0, 0.1) is 0 Å². The Morgan fingerprint density at radius 2 is 2.12 bits per heavy atom. The standard InChI is InChI=1S/C18H21NO5S2/c1-4-5-6-13(17(21)22)19-16(20)15(26-18(19)25)9-11-7-8-12(23-2)10-14(11)24-3/h7-10,13H,4-6H2,1-3H3,(H,21,22)/b15-9-/t13-/m1/s1. The van der Waals surface area contributed by atoms with Crippen LogP contribution in [0.25, 0.3) is 6.08 Å². The van der Waals surface area contributed by atoms with Crippen LogP contribution in [-0.4, -0.2) is 46.5 Å². The molecule has 8 heteroatoms. The molecule has 6 nitrogen and oxygen atoms in total. The van der Waals surface area contributed by atoms with Crippen LogP contribution in [0.2, 0.25) is 0 Å². The summed E-state index contributed by atoms with van der Waals surface area (Å²) in [6.07, 6.45) is 3.59. The van der Waals surface area contributed by atoms with Crippen LogP contribution in [-0.2, 0) is 9.59 Å². The lowest BCUT2D eigenvalue weighted by atomic mass is 10.1. The Labute approximate surface area is 162 Å². The van der Waals surface area contributed by atoms with Gasteiger partial charge in [-0.25, -0.2) is 4.79 Å². The first-order chi connectivity index (χ1) is 12.4. The minimum Gasteiger partial charge on any atom is -0.497 e. The second kappa shape index (κ2) is 9.05. The van der Waals surface area contributed by atoms with E-state index in [9.17, 15) is 14.7 Å². The predicted molar refractivity (Wildman–Crippen MR) is 106 cm³/mol. The molecule has 1 atom stereocenters. The Bertz CT molecular complexity index is 747. The van der Waals surface area contributed by atoms with Gasteiger partial charge in [-0.3, -0.25) is 9.69 Å². The molecule has 1 saturated heterocycles. The SMILES string of the molecule is CCCC[C@H](C(=O)O)N1C(=O)/C(=C/c2ccc(OC)cc2OC)SC1=S. The Balaban J connectivity index is 2.33. The Hall–Kier alpha value is -2.06. The smallest absolute Gasteiger partial charge is 0.326 e. The van der Waals surface area contributed by atoms with E-state index in [1.807, 2.05) is 6.92 Å². The van der Waals surface area contributed by atoms with Gasteiger partial charge < -0.3 is 14.6 Å². The molecule has 1 aliphatic heterocycles. The number of hydrogen-bond donors (Lipinski definition) is 1. The average molecular weight is 396 g/mol. The van der Waals surface area contributed by atoms with Crippen molar-refractivity contribution in [2.24, 2.45) is 0 Å². The van der Waals surface area contributed by atoms with Crippen LogP contribution in [0.5, 0.6) is 11.5 Å². The number of thiocarbonyl (C=S) groups is 1. The van der Waals surface area contributed by atoms with E-state index in [4.69, 9.17) is 21.7 Å². The Morgan fingerprint density at radius 1 is 1.38 bits per heavy atom. The first-order valence-corrected chi connectivity index (χ1v) is 9.37. The Morgan fingerprint density at radius 3 is 2.69 bits per heavy atom. The van der Waals surface area contributed by atoms with Crippen molar-refractivity contribution in [1.29, 1.82) is 0 Å². The molecule has 0 unspecified atom stereocenters. The second-order valence-corrected chi connectivity index (χ2v) is 7.33. The topological polar surface area (TPSA) is 76.1 Å². The lowest BCUT2D eigenvalue weighted by molar-refractivity contribution is -0.145. The number of thioether (sulfide) groups is 1. The average Bonchev–Trinajstić information content (AvgIpc) is 2.89. The van der Waals surface area contributed by atoms with Gasteiger partial charge in [0.05, 0.1) is 19.1 Å². The maximum Gasteiger partial charge on any atom is 0.326 e. The van der Waals surface area contributed by atoms with E-state index in [-0.39, 0.29) is 10.2 Å². The van der Waals surface area contributed by atoms with E-state index in [1.54, 1.807) is 31.4 Å². The van der Waals surface area contributed by atoms with Crippen LogP contribution in [0.4, 0.5) is 0 Å². The number of amides is 1. The number of hydrogen-bond acceptors (Lipinski definition) is 6. The van der Waals surface area contributed by atoms with Crippen molar-refractivity contribution in [2.45, 2.75) is 32.2 Å². The van der Waals surface area contributed by atoms with Gasteiger partial charge in [-0.15, -0.1) is 0 Å². The summed E-state index contributed by atoms with van der Waals surface area (Å²) in [5.41, 5.74) is 0.689. The van der Waals surface area contributed by atoms with Crippen molar-refractivity contribution in [3.8, 4) is 11.5 Å². The number of benzene rings is 1. The van der Waals surface area contributed by atoms with Crippen molar-refractivity contribution in [3.05, 3.63) is 28.7 Å². The van der Waals surface area contributed by atoms with Crippen molar-refractivity contribution in [3.63, 3.8) is 0 Å². The van der Waals surface area contributed by atoms with Crippen molar-refractivity contribution >= 4 is 46.3 Å². The highest BCUT2D eigenvalue weighted by Gasteiger charge is 2.40. The van der Waals surface area contributed by atoms with Gasteiger partial charge in [-0.2, -0.15) is 0 Å². The molecule has 1 fully saturated rings. The van der Waals surface area contributed by atoms with E-state index in [0.717, 1.165) is 18.2 Å². The summed E-state index contributed by atoms with van der Waals surface area (Å²) < 4.78 is 10.8. The molecular formula is C18H21NO5S2. The van der Waals surface area contributed by atoms with E-state index >= 15 is 0 Å². The summed E-state index contributed by atoms with van der Waals surface area (Å²) in [7, 11) is 3.09. The third-order valence-corrected chi connectivity index (χ3v) is 5.31. The maximum absolute atomic E-state index is 12.8. The highest BCUT2D eigenvalue weighted by Crippen LogP contribution is 2.37. The number of unbranched alkanes of at least 4 members (excludes halogenated alkanes) is 1. The molecule has 0 aliphatic carbocycles. The highest BCUT2D eigenvalue weighted by atomic mass is 32.2. The first kappa shape index (κ1) is 20.3. The van der Waals surface area contributed by atoms with Crippen molar-refractivity contribution in [1.82, 2.24) is 4.90 Å². The molecule has 0 spiro atoms. The number of carbonyl (C=O) groups is 2. The predicted octanol–water partition coefficient (Wildman–Crippen LogP) is 3.55. The largest absolute Gasteiger partial charge is 0.497 e. The number of rotatable bonds is 8. The molecule has 1 amide bonds. The van der Waals surface area contributed by atoms with Crippen molar-refractivity contribution in [2.75, 3.05) is 14.2 Å². The van der Waals surface area contributed by atoms with Gasteiger partial charge in [-0.1, -0.05) is 43.7 Å². The zero-order valence-electron chi connectivity index (χ0n) is 14.9. The maximum atomic E-state index is 12.8. The van der Waals surface area contributed by atoms with Gasteiger partial charge in [0.15, 0.2) is 0 Å². The fourth-order valence-electron chi connectivity index (χ4n) is 2.59. The van der Waals surface area contributed by atoms with Gasteiger partial charge in [0.25, 0.3) is 5.91 Å². The molecule has 1 N–H and O–H groups in total. The van der Waals surface area contributed by atoms with Crippen molar-refractivity contribution < 1.29 is 24.2 Å². The quantitative estimate of drug-likeness (QED) is 0.533. The van der Waals surface area contributed by atoms with Crippen LogP contribution >= 0.6 is 24.0 Å². The molecular weight excluding hydrogens is 374 g/mol.